The molecular weight excluding hydrogens is 360 g/mol. The molecule has 0 bridgehead atoms. The Morgan fingerprint density at radius 2 is 2.12 bits per heavy atom. The van der Waals surface area contributed by atoms with Gasteiger partial charge in [-0.25, -0.2) is 0 Å². The van der Waals surface area contributed by atoms with Crippen LogP contribution in [0.4, 0.5) is 5.13 Å². The maximum absolute atomic E-state index is 12.2. The normalized spacial score (nSPS) is 16.0. The molecule has 2 aromatic rings. The van der Waals surface area contributed by atoms with Crippen molar-refractivity contribution in [2.24, 2.45) is 5.92 Å². The van der Waals surface area contributed by atoms with Gasteiger partial charge in [-0.1, -0.05) is 11.3 Å². The Bertz CT molecular complexity index is 779. The van der Waals surface area contributed by atoms with Crippen LogP contribution in [0.1, 0.15) is 22.8 Å². The molecule has 0 saturated carbocycles. The first-order valence-corrected chi connectivity index (χ1v) is 8.49. The molecule has 3 rings (SSSR count). The molecule has 1 atom stereocenters. The number of hydrogen-bond acceptors (Lipinski definition) is 8. The number of hydrogen-bond donors (Lipinski definition) is 2. The number of carbonyl (C=O) groups is 3. The van der Waals surface area contributed by atoms with E-state index in [2.05, 4.69) is 25.5 Å². The molecule has 1 unspecified atom stereocenters. The molecule has 0 radical (unpaired) electrons. The monoisotopic (exact) mass is 378 g/mol. The Hall–Kier alpha value is -2.95. The average Bonchev–Trinajstić information content (AvgIpc) is 3.20. The lowest BCUT2D eigenvalue weighted by molar-refractivity contribution is -0.126. The van der Waals surface area contributed by atoms with Crippen LogP contribution in [0.2, 0.25) is 0 Å². The predicted molar refractivity (Wildman–Crippen MR) is 92.4 cm³/mol. The summed E-state index contributed by atoms with van der Waals surface area (Å²) in [5, 5.41) is 18.9. The topological polar surface area (TPSA) is 138 Å². The van der Waals surface area contributed by atoms with E-state index in [0.717, 1.165) is 10.7 Å². The molecule has 0 spiro atoms. The number of nitrogens with zero attached hydrogens (tertiary/aromatic N) is 5. The number of carbonyl (C=O) groups excluding carboxylic acids is 2. The lowest BCUT2D eigenvalue weighted by atomic mass is 10.1. The van der Waals surface area contributed by atoms with Crippen molar-refractivity contribution >= 4 is 34.8 Å². The number of anilines is 1. The summed E-state index contributed by atoms with van der Waals surface area (Å²) in [5.41, 5.74) is 1.51. The molecule has 0 aliphatic carbocycles. The number of aryl methyl sites for hydroxylation is 2. The molecule has 1 aliphatic heterocycles. The summed E-state index contributed by atoms with van der Waals surface area (Å²) in [4.78, 5) is 42.5. The van der Waals surface area contributed by atoms with Crippen molar-refractivity contribution in [3.05, 3.63) is 28.8 Å². The van der Waals surface area contributed by atoms with Gasteiger partial charge in [0.1, 0.15) is 5.01 Å². The van der Waals surface area contributed by atoms with Gasteiger partial charge in [0.05, 0.1) is 30.0 Å². The highest BCUT2D eigenvalue weighted by molar-refractivity contribution is 7.15. The lowest BCUT2D eigenvalue weighted by Crippen LogP contribution is -2.32. The Labute approximate surface area is 153 Å². The van der Waals surface area contributed by atoms with Gasteiger partial charge in [0, 0.05) is 19.2 Å². The van der Waals surface area contributed by atoms with Crippen molar-refractivity contribution in [1.29, 1.82) is 0 Å². The number of aromatic nitrogens is 4. The molecule has 1 aliphatic rings. The zero-order chi connectivity index (χ0) is 19.1. The summed E-state index contributed by atoms with van der Waals surface area (Å²) in [6, 6.07) is 0. The second kappa shape index (κ2) is 8.94. The Kier molecular flexibility index (Phi) is 6.67. The second-order valence-corrected chi connectivity index (χ2v) is 6.64. The van der Waals surface area contributed by atoms with E-state index in [4.69, 9.17) is 9.90 Å². The van der Waals surface area contributed by atoms with Crippen LogP contribution in [-0.4, -0.2) is 50.1 Å². The molecule has 0 aromatic carbocycles. The summed E-state index contributed by atoms with van der Waals surface area (Å²) < 4.78 is 0. The molecule has 2 aromatic heterocycles. The van der Waals surface area contributed by atoms with E-state index >= 15 is 0 Å². The van der Waals surface area contributed by atoms with E-state index in [1.165, 1.54) is 16.2 Å². The van der Waals surface area contributed by atoms with Gasteiger partial charge in [-0.05, 0) is 13.8 Å². The second-order valence-electron chi connectivity index (χ2n) is 5.48. The highest BCUT2D eigenvalue weighted by Crippen LogP contribution is 2.27. The Balaban J connectivity index is 0.000000758. The third kappa shape index (κ3) is 5.02. The van der Waals surface area contributed by atoms with Gasteiger partial charge >= 0.3 is 0 Å². The van der Waals surface area contributed by atoms with Crippen LogP contribution in [0, 0.1) is 19.8 Å². The van der Waals surface area contributed by atoms with Gasteiger partial charge in [0.2, 0.25) is 16.9 Å². The number of carboxylic acid groups (broad SMARTS) is 1. The maximum Gasteiger partial charge on any atom is 0.290 e. The quantitative estimate of drug-likeness (QED) is 0.725. The van der Waals surface area contributed by atoms with Crippen LogP contribution < -0.4 is 10.2 Å². The summed E-state index contributed by atoms with van der Waals surface area (Å²) in [7, 11) is 0. The molecular formula is C15H18N6O4S. The third-order valence-corrected chi connectivity index (χ3v) is 4.38. The molecule has 1 saturated heterocycles. The Morgan fingerprint density at radius 1 is 1.38 bits per heavy atom. The van der Waals surface area contributed by atoms with Crippen LogP contribution >= 0.6 is 11.3 Å². The molecule has 11 heteroatoms. The zero-order valence-electron chi connectivity index (χ0n) is 14.2. The minimum absolute atomic E-state index is 0.101. The summed E-state index contributed by atoms with van der Waals surface area (Å²) >= 11 is 1.35. The first kappa shape index (κ1) is 19.4. The highest BCUT2D eigenvalue weighted by Gasteiger charge is 2.36. The maximum atomic E-state index is 12.2. The SMILES string of the molecule is Cc1cnc(CNC(=O)C2CC(=O)N(c3nnc(C)s3)C2)cn1.O=CO. The molecule has 2 amide bonds. The molecule has 3 heterocycles. The summed E-state index contributed by atoms with van der Waals surface area (Å²) in [6.45, 7) is 4.06. The largest absolute Gasteiger partial charge is 0.483 e. The lowest BCUT2D eigenvalue weighted by Gasteiger charge is -2.12. The van der Waals surface area contributed by atoms with Gasteiger partial charge in [-0.15, -0.1) is 10.2 Å². The standard InChI is InChI=1S/C14H16N6O2S.CH2O2/c1-8-4-16-11(5-15-8)6-17-13(22)10-3-12(21)20(7-10)14-19-18-9(2)23-14;2-1-3/h4-5,10H,3,6-7H2,1-2H3,(H,17,22);1H,(H,2,3). The van der Waals surface area contributed by atoms with Crippen LogP contribution in [0.5, 0.6) is 0 Å². The van der Waals surface area contributed by atoms with E-state index < -0.39 is 0 Å². The predicted octanol–water partition coefficient (Wildman–Crippen LogP) is 0.315. The van der Waals surface area contributed by atoms with Gasteiger partial charge < -0.3 is 10.4 Å². The molecule has 2 N–H and O–H groups in total. The van der Waals surface area contributed by atoms with E-state index in [9.17, 15) is 9.59 Å². The summed E-state index contributed by atoms with van der Waals surface area (Å²) in [5.74, 6) is -0.647. The molecule has 26 heavy (non-hydrogen) atoms. The number of nitrogens with one attached hydrogen (secondary N) is 1. The van der Waals surface area contributed by atoms with Crippen molar-refractivity contribution in [3.8, 4) is 0 Å². The fourth-order valence-electron chi connectivity index (χ4n) is 2.30. The van der Waals surface area contributed by atoms with E-state index in [-0.39, 0.29) is 30.6 Å². The zero-order valence-corrected chi connectivity index (χ0v) is 15.1. The van der Waals surface area contributed by atoms with Crippen LogP contribution in [0.3, 0.4) is 0 Å². The van der Waals surface area contributed by atoms with Crippen molar-refractivity contribution in [3.63, 3.8) is 0 Å². The minimum atomic E-state index is -0.384. The third-order valence-electron chi connectivity index (χ3n) is 3.52. The Morgan fingerprint density at radius 3 is 2.69 bits per heavy atom. The first-order chi connectivity index (χ1) is 12.4. The van der Waals surface area contributed by atoms with Crippen molar-refractivity contribution in [2.75, 3.05) is 11.4 Å². The van der Waals surface area contributed by atoms with Crippen LogP contribution in [0.25, 0.3) is 0 Å². The smallest absolute Gasteiger partial charge is 0.290 e. The highest BCUT2D eigenvalue weighted by atomic mass is 32.1. The van der Waals surface area contributed by atoms with E-state index in [1.807, 2.05) is 13.8 Å². The van der Waals surface area contributed by atoms with Crippen molar-refractivity contribution in [1.82, 2.24) is 25.5 Å². The molecule has 138 valence electrons. The van der Waals surface area contributed by atoms with Crippen LogP contribution in [0.15, 0.2) is 12.4 Å². The van der Waals surface area contributed by atoms with Gasteiger partial charge in [0.15, 0.2) is 0 Å². The van der Waals surface area contributed by atoms with Gasteiger partial charge in [-0.2, -0.15) is 0 Å². The summed E-state index contributed by atoms with van der Waals surface area (Å²) in [6.07, 6.45) is 3.47. The fraction of sp³-hybridized carbons (Fsp3) is 0.400. The fourth-order valence-corrected chi connectivity index (χ4v) is 3.01. The van der Waals surface area contributed by atoms with E-state index in [1.54, 1.807) is 12.4 Å². The van der Waals surface area contributed by atoms with E-state index in [0.29, 0.717) is 23.9 Å². The van der Waals surface area contributed by atoms with Gasteiger partial charge in [0.25, 0.3) is 6.47 Å². The van der Waals surface area contributed by atoms with Gasteiger partial charge in [-0.3, -0.25) is 29.3 Å². The molecule has 10 nitrogen and oxygen atoms in total. The number of rotatable bonds is 4. The van der Waals surface area contributed by atoms with Crippen molar-refractivity contribution < 1.29 is 19.5 Å². The minimum Gasteiger partial charge on any atom is -0.483 e. The number of amides is 2. The first-order valence-electron chi connectivity index (χ1n) is 7.68. The molecule has 1 fully saturated rings. The average molecular weight is 378 g/mol. The van der Waals surface area contributed by atoms with Crippen LogP contribution in [-0.2, 0) is 20.9 Å². The van der Waals surface area contributed by atoms with Crippen molar-refractivity contribution in [2.45, 2.75) is 26.8 Å².